The van der Waals surface area contributed by atoms with Gasteiger partial charge in [0, 0.05) is 11.1 Å². The van der Waals surface area contributed by atoms with Crippen LogP contribution in [0.2, 0.25) is 0 Å². The summed E-state index contributed by atoms with van der Waals surface area (Å²) < 4.78 is 5.57. The molecule has 0 spiro atoms. The summed E-state index contributed by atoms with van der Waals surface area (Å²) in [6.07, 6.45) is 1.12. The Morgan fingerprint density at radius 3 is 1.90 bits per heavy atom. The van der Waals surface area contributed by atoms with Crippen LogP contribution in [-0.2, 0) is 6.42 Å². The van der Waals surface area contributed by atoms with E-state index in [0.29, 0.717) is 5.56 Å². The molecule has 0 aliphatic carbocycles. The third-order valence-electron chi connectivity index (χ3n) is 3.11. The Kier molecular flexibility index (Phi) is 4.57. The molecule has 0 fully saturated rings. The van der Waals surface area contributed by atoms with Gasteiger partial charge in [0.15, 0.2) is 5.78 Å². The molecule has 0 amide bonds. The highest BCUT2D eigenvalue weighted by atomic mass is 16.5. The maximum atomic E-state index is 12.3. The fourth-order valence-corrected chi connectivity index (χ4v) is 2.02. The number of rotatable bonds is 5. The number of ether oxygens (including phenoxy) is 1. The summed E-state index contributed by atoms with van der Waals surface area (Å²) >= 11 is 0. The largest absolute Gasteiger partial charge is 0.491 e. The summed E-state index contributed by atoms with van der Waals surface area (Å²) in [5, 5.41) is 0. The number of aryl methyl sites for hydroxylation is 1. The lowest BCUT2D eigenvalue weighted by Crippen LogP contribution is -2.06. The lowest BCUT2D eigenvalue weighted by molar-refractivity contribution is 0.103. The van der Waals surface area contributed by atoms with Gasteiger partial charge in [0.05, 0.1) is 6.10 Å². The van der Waals surface area contributed by atoms with Gasteiger partial charge in [-0.1, -0.05) is 31.2 Å². The van der Waals surface area contributed by atoms with E-state index in [2.05, 4.69) is 6.92 Å². The van der Waals surface area contributed by atoms with Crippen molar-refractivity contribution in [2.45, 2.75) is 33.3 Å². The second kappa shape index (κ2) is 6.38. The third kappa shape index (κ3) is 3.47. The van der Waals surface area contributed by atoms with Gasteiger partial charge in [0.25, 0.3) is 0 Å². The highest BCUT2D eigenvalue weighted by Gasteiger charge is 2.09. The smallest absolute Gasteiger partial charge is 0.193 e. The molecule has 2 aromatic carbocycles. The monoisotopic (exact) mass is 268 g/mol. The molecule has 0 atom stereocenters. The van der Waals surface area contributed by atoms with E-state index >= 15 is 0 Å². The summed E-state index contributed by atoms with van der Waals surface area (Å²) in [5.74, 6) is 0.835. The van der Waals surface area contributed by atoms with Gasteiger partial charge in [0.2, 0.25) is 0 Å². The molecule has 0 unspecified atom stereocenters. The second-order valence-corrected chi connectivity index (χ2v) is 5.07. The average molecular weight is 268 g/mol. The van der Waals surface area contributed by atoms with Crippen molar-refractivity contribution in [3.8, 4) is 5.75 Å². The highest BCUT2D eigenvalue weighted by molar-refractivity contribution is 6.09. The minimum Gasteiger partial charge on any atom is -0.491 e. The molecule has 2 aromatic rings. The zero-order valence-electron chi connectivity index (χ0n) is 12.2. The van der Waals surface area contributed by atoms with Crippen LogP contribution >= 0.6 is 0 Å². The van der Waals surface area contributed by atoms with Crippen LogP contribution < -0.4 is 4.74 Å². The molecule has 0 radical (unpaired) electrons. The molecule has 2 rings (SSSR count). The van der Waals surface area contributed by atoms with Crippen LogP contribution in [-0.4, -0.2) is 11.9 Å². The quantitative estimate of drug-likeness (QED) is 0.757. The predicted octanol–water partition coefficient (Wildman–Crippen LogP) is 4.27. The zero-order chi connectivity index (χ0) is 14.5. The summed E-state index contributed by atoms with van der Waals surface area (Å²) in [6, 6.07) is 15.1. The van der Waals surface area contributed by atoms with Crippen LogP contribution in [0, 0.1) is 0 Å². The topological polar surface area (TPSA) is 26.3 Å². The van der Waals surface area contributed by atoms with E-state index < -0.39 is 0 Å². The summed E-state index contributed by atoms with van der Waals surface area (Å²) in [4.78, 5) is 12.3. The van der Waals surface area contributed by atoms with E-state index in [1.54, 1.807) is 0 Å². The van der Waals surface area contributed by atoms with Gasteiger partial charge in [-0.3, -0.25) is 4.79 Å². The minimum absolute atomic E-state index is 0.0451. The lowest BCUT2D eigenvalue weighted by Gasteiger charge is -2.10. The standard InChI is InChI=1S/C18H20O2/c1-4-14-5-7-15(8-6-14)18(19)16-9-11-17(12-10-16)20-13(2)3/h5-13H,4H2,1-3H3. The molecule has 0 N–H and O–H groups in total. The van der Waals surface area contributed by atoms with Crippen LogP contribution in [0.1, 0.15) is 42.3 Å². The Balaban J connectivity index is 2.15. The Morgan fingerprint density at radius 2 is 1.45 bits per heavy atom. The van der Waals surface area contributed by atoms with Gasteiger partial charge >= 0.3 is 0 Å². The highest BCUT2D eigenvalue weighted by Crippen LogP contribution is 2.17. The lowest BCUT2D eigenvalue weighted by atomic mass is 10.0. The van der Waals surface area contributed by atoms with Crippen LogP contribution in [0.3, 0.4) is 0 Å². The number of ketones is 1. The molecular weight excluding hydrogens is 248 g/mol. The third-order valence-corrected chi connectivity index (χ3v) is 3.11. The first-order valence-corrected chi connectivity index (χ1v) is 7.00. The molecule has 0 heterocycles. The second-order valence-electron chi connectivity index (χ2n) is 5.07. The Morgan fingerprint density at radius 1 is 0.950 bits per heavy atom. The van der Waals surface area contributed by atoms with Crippen molar-refractivity contribution >= 4 is 5.78 Å². The molecule has 2 nitrogen and oxygen atoms in total. The van der Waals surface area contributed by atoms with Gasteiger partial charge in [-0.2, -0.15) is 0 Å². The summed E-state index contributed by atoms with van der Waals surface area (Å²) in [6.45, 7) is 6.06. The van der Waals surface area contributed by atoms with E-state index in [-0.39, 0.29) is 11.9 Å². The van der Waals surface area contributed by atoms with Crippen molar-refractivity contribution in [3.63, 3.8) is 0 Å². The van der Waals surface area contributed by atoms with Crippen molar-refractivity contribution in [1.82, 2.24) is 0 Å². The minimum atomic E-state index is 0.0451. The van der Waals surface area contributed by atoms with Gasteiger partial charge in [-0.15, -0.1) is 0 Å². The fraction of sp³-hybridized carbons (Fsp3) is 0.278. The van der Waals surface area contributed by atoms with E-state index in [0.717, 1.165) is 17.7 Å². The zero-order valence-corrected chi connectivity index (χ0v) is 12.2. The molecule has 20 heavy (non-hydrogen) atoms. The van der Waals surface area contributed by atoms with E-state index in [9.17, 15) is 4.79 Å². The first-order valence-electron chi connectivity index (χ1n) is 7.00. The Hall–Kier alpha value is -2.09. The first kappa shape index (κ1) is 14.3. The maximum Gasteiger partial charge on any atom is 0.193 e. The number of benzene rings is 2. The number of carbonyl (C=O) groups excluding carboxylic acids is 1. The Labute approximate surface area is 120 Å². The average Bonchev–Trinajstić information content (AvgIpc) is 2.47. The molecule has 0 aliphatic heterocycles. The molecule has 0 aliphatic rings. The normalized spacial score (nSPS) is 10.6. The van der Waals surface area contributed by atoms with Crippen LogP contribution in [0.5, 0.6) is 5.75 Å². The van der Waals surface area contributed by atoms with Gasteiger partial charge in [-0.25, -0.2) is 0 Å². The van der Waals surface area contributed by atoms with Crippen molar-refractivity contribution in [3.05, 3.63) is 65.2 Å². The van der Waals surface area contributed by atoms with Crippen LogP contribution in [0.4, 0.5) is 0 Å². The van der Waals surface area contributed by atoms with Gasteiger partial charge < -0.3 is 4.74 Å². The SMILES string of the molecule is CCc1ccc(C(=O)c2ccc(OC(C)C)cc2)cc1. The molecule has 0 saturated heterocycles. The van der Waals surface area contributed by atoms with Crippen LogP contribution in [0.15, 0.2) is 48.5 Å². The van der Waals surface area contributed by atoms with Crippen LogP contribution in [0.25, 0.3) is 0 Å². The molecule has 0 bridgehead atoms. The number of hydrogen-bond donors (Lipinski definition) is 0. The molecule has 0 aromatic heterocycles. The summed E-state index contributed by atoms with van der Waals surface area (Å²) in [5.41, 5.74) is 2.65. The van der Waals surface area contributed by atoms with Crippen molar-refractivity contribution in [2.75, 3.05) is 0 Å². The van der Waals surface area contributed by atoms with Crippen molar-refractivity contribution < 1.29 is 9.53 Å². The molecule has 0 saturated carbocycles. The van der Waals surface area contributed by atoms with E-state index in [4.69, 9.17) is 4.74 Å². The maximum absolute atomic E-state index is 12.3. The first-order chi connectivity index (χ1) is 9.60. The number of hydrogen-bond acceptors (Lipinski definition) is 2. The van der Waals surface area contributed by atoms with Gasteiger partial charge in [0.1, 0.15) is 5.75 Å². The van der Waals surface area contributed by atoms with Crippen molar-refractivity contribution in [2.24, 2.45) is 0 Å². The van der Waals surface area contributed by atoms with Crippen molar-refractivity contribution in [1.29, 1.82) is 0 Å². The summed E-state index contributed by atoms with van der Waals surface area (Å²) in [7, 11) is 0. The Bertz CT molecular complexity index is 565. The predicted molar refractivity (Wildman–Crippen MR) is 81.5 cm³/mol. The molecule has 104 valence electrons. The van der Waals surface area contributed by atoms with E-state index in [1.165, 1.54) is 5.56 Å². The molecule has 2 heteroatoms. The molecular formula is C18H20O2. The number of carbonyl (C=O) groups is 1. The van der Waals surface area contributed by atoms with E-state index in [1.807, 2.05) is 62.4 Å². The fourth-order valence-electron chi connectivity index (χ4n) is 2.02. The van der Waals surface area contributed by atoms with Gasteiger partial charge in [-0.05, 0) is 50.1 Å².